The number of anilines is 1. The van der Waals surface area contributed by atoms with E-state index in [1.165, 1.54) is 0 Å². The molecular formula is C17H11BrN4. The number of nitriles is 1. The summed E-state index contributed by atoms with van der Waals surface area (Å²) in [4.78, 5) is 8.35. The van der Waals surface area contributed by atoms with Gasteiger partial charge < -0.3 is 5.73 Å². The Bertz CT molecular complexity index is 870. The van der Waals surface area contributed by atoms with Crippen molar-refractivity contribution in [2.24, 2.45) is 0 Å². The Morgan fingerprint density at radius 1 is 1.05 bits per heavy atom. The number of pyridine rings is 2. The maximum Gasteiger partial charge on any atom is 0.142 e. The van der Waals surface area contributed by atoms with Gasteiger partial charge in [-0.25, -0.2) is 4.98 Å². The van der Waals surface area contributed by atoms with Crippen LogP contribution in [0.1, 0.15) is 5.56 Å². The fourth-order valence-corrected chi connectivity index (χ4v) is 2.74. The molecular weight excluding hydrogens is 340 g/mol. The highest BCUT2D eigenvalue weighted by Crippen LogP contribution is 2.34. The van der Waals surface area contributed by atoms with E-state index in [0.29, 0.717) is 11.3 Å². The Morgan fingerprint density at radius 2 is 1.77 bits per heavy atom. The smallest absolute Gasteiger partial charge is 0.142 e. The molecule has 0 saturated carbocycles. The van der Waals surface area contributed by atoms with Crippen molar-refractivity contribution in [2.75, 3.05) is 5.73 Å². The Balaban J connectivity index is 2.28. The van der Waals surface area contributed by atoms with E-state index in [-0.39, 0.29) is 5.82 Å². The van der Waals surface area contributed by atoms with E-state index >= 15 is 0 Å². The third kappa shape index (κ3) is 2.57. The van der Waals surface area contributed by atoms with Gasteiger partial charge in [0, 0.05) is 28.0 Å². The minimum absolute atomic E-state index is 0.225. The van der Waals surface area contributed by atoms with Crippen molar-refractivity contribution in [3.05, 3.63) is 64.9 Å². The second kappa shape index (κ2) is 5.96. The predicted molar refractivity (Wildman–Crippen MR) is 89.7 cm³/mol. The zero-order valence-electron chi connectivity index (χ0n) is 11.5. The number of nitrogens with two attached hydrogens (primary N) is 1. The van der Waals surface area contributed by atoms with E-state index in [2.05, 4.69) is 32.0 Å². The van der Waals surface area contributed by atoms with Crippen molar-refractivity contribution in [1.29, 1.82) is 5.26 Å². The molecule has 0 aliphatic carbocycles. The summed E-state index contributed by atoms with van der Waals surface area (Å²) in [6.07, 6.45) is 3.40. The first-order chi connectivity index (χ1) is 10.7. The molecule has 3 rings (SSSR count). The van der Waals surface area contributed by atoms with Crippen LogP contribution in [0.4, 0.5) is 5.82 Å². The van der Waals surface area contributed by atoms with E-state index in [4.69, 9.17) is 5.73 Å². The van der Waals surface area contributed by atoms with Gasteiger partial charge in [-0.05, 0) is 29.8 Å². The van der Waals surface area contributed by atoms with Crippen molar-refractivity contribution < 1.29 is 0 Å². The molecule has 0 unspecified atom stereocenters. The predicted octanol–water partition coefficient (Wildman–Crippen LogP) is 4.03. The highest BCUT2D eigenvalue weighted by Gasteiger charge is 2.14. The molecule has 0 aliphatic heterocycles. The maximum atomic E-state index is 9.42. The van der Waals surface area contributed by atoms with E-state index < -0.39 is 0 Å². The highest BCUT2D eigenvalue weighted by atomic mass is 79.9. The zero-order valence-corrected chi connectivity index (χ0v) is 13.1. The molecule has 1 aromatic carbocycles. The van der Waals surface area contributed by atoms with Gasteiger partial charge in [-0.15, -0.1) is 0 Å². The minimum Gasteiger partial charge on any atom is -0.383 e. The van der Waals surface area contributed by atoms with Crippen LogP contribution in [0.25, 0.3) is 22.4 Å². The van der Waals surface area contributed by atoms with E-state index in [9.17, 15) is 5.26 Å². The van der Waals surface area contributed by atoms with Crippen LogP contribution in [-0.4, -0.2) is 9.97 Å². The lowest BCUT2D eigenvalue weighted by Gasteiger charge is -2.11. The van der Waals surface area contributed by atoms with Crippen molar-refractivity contribution in [3.63, 3.8) is 0 Å². The highest BCUT2D eigenvalue weighted by molar-refractivity contribution is 9.10. The van der Waals surface area contributed by atoms with Crippen molar-refractivity contribution in [3.8, 4) is 28.5 Å². The van der Waals surface area contributed by atoms with Crippen LogP contribution in [0.3, 0.4) is 0 Å². The summed E-state index contributed by atoms with van der Waals surface area (Å²) < 4.78 is 0.901. The number of hydrogen-bond donors (Lipinski definition) is 1. The lowest BCUT2D eigenvalue weighted by Crippen LogP contribution is -2.00. The van der Waals surface area contributed by atoms with E-state index in [1.807, 2.05) is 42.5 Å². The van der Waals surface area contributed by atoms with Crippen LogP contribution in [0.5, 0.6) is 0 Å². The molecule has 4 nitrogen and oxygen atoms in total. The molecule has 22 heavy (non-hydrogen) atoms. The van der Waals surface area contributed by atoms with Crippen LogP contribution in [0.2, 0.25) is 0 Å². The molecule has 0 atom stereocenters. The molecule has 2 heterocycles. The lowest BCUT2D eigenvalue weighted by molar-refractivity contribution is 1.28. The Morgan fingerprint density at radius 3 is 2.45 bits per heavy atom. The Labute approximate surface area is 136 Å². The lowest BCUT2D eigenvalue weighted by atomic mass is 9.99. The molecule has 0 fully saturated rings. The molecule has 3 aromatic rings. The van der Waals surface area contributed by atoms with Gasteiger partial charge in [0.05, 0.1) is 5.69 Å². The number of rotatable bonds is 2. The topological polar surface area (TPSA) is 75.6 Å². The summed E-state index contributed by atoms with van der Waals surface area (Å²) in [6.45, 7) is 0. The van der Waals surface area contributed by atoms with Gasteiger partial charge in [0.2, 0.25) is 0 Å². The van der Waals surface area contributed by atoms with Crippen molar-refractivity contribution >= 4 is 21.7 Å². The number of nitrogens with zero attached hydrogens (tertiary/aromatic N) is 3. The third-order valence-corrected chi connectivity index (χ3v) is 3.99. The Kier molecular flexibility index (Phi) is 3.86. The fourth-order valence-electron chi connectivity index (χ4n) is 2.24. The third-order valence-electron chi connectivity index (χ3n) is 3.30. The van der Waals surface area contributed by atoms with Crippen LogP contribution >= 0.6 is 15.9 Å². The molecule has 106 valence electrons. The molecule has 5 heteroatoms. The molecule has 2 aromatic heterocycles. The first-order valence-electron chi connectivity index (χ1n) is 6.56. The summed E-state index contributed by atoms with van der Waals surface area (Å²) >= 11 is 3.52. The number of nitrogen functional groups attached to an aromatic ring is 1. The summed E-state index contributed by atoms with van der Waals surface area (Å²) in [5.41, 5.74) is 9.65. The number of hydrogen-bond acceptors (Lipinski definition) is 4. The average molecular weight is 351 g/mol. The van der Waals surface area contributed by atoms with Crippen molar-refractivity contribution in [1.82, 2.24) is 9.97 Å². The molecule has 0 bridgehead atoms. The van der Waals surface area contributed by atoms with Gasteiger partial charge in [0.25, 0.3) is 0 Å². The van der Waals surface area contributed by atoms with Crippen LogP contribution in [0, 0.1) is 11.3 Å². The first-order valence-corrected chi connectivity index (χ1v) is 7.36. The minimum atomic E-state index is 0.225. The monoisotopic (exact) mass is 350 g/mol. The summed E-state index contributed by atoms with van der Waals surface area (Å²) in [6, 6.07) is 15.5. The van der Waals surface area contributed by atoms with Crippen LogP contribution < -0.4 is 5.73 Å². The molecule has 0 radical (unpaired) electrons. The quantitative estimate of drug-likeness (QED) is 0.756. The summed E-state index contributed by atoms with van der Waals surface area (Å²) in [7, 11) is 0. The molecule has 0 spiro atoms. The van der Waals surface area contributed by atoms with Crippen LogP contribution in [0.15, 0.2) is 59.3 Å². The standard InChI is InChI=1S/C17H11BrN4/c18-15-4-2-1-3-12(15)13-9-16(11-5-7-21-8-6-11)22-17(20)14(13)10-19/h1-9H,(H2,20,22). The van der Waals surface area contributed by atoms with Crippen molar-refractivity contribution in [2.45, 2.75) is 0 Å². The number of benzene rings is 1. The summed E-state index contributed by atoms with van der Waals surface area (Å²) in [5, 5.41) is 9.42. The SMILES string of the molecule is N#Cc1c(-c2ccccc2Br)cc(-c2ccncc2)nc1N. The van der Waals surface area contributed by atoms with Crippen LogP contribution in [-0.2, 0) is 0 Å². The molecule has 0 amide bonds. The molecule has 0 saturated heterocycles. The second-order valence-corrected chi connectivity index (χ2v) is 5.50. The van der Waals surface area contributed by atoms with Gasteiger partial charge in [-0.2, -0.15) is 5.26 Å². The molecule has 0 aliphatic rings. The van der Waals surface area contributed by atoms with Gasteiger partial charge in [0.1, 0.15) is 17.5 Å². The van der Waals surface area contributed by atoms with E-state index in [0.717, 1.165) is 21.2 Å². The second-order valence-electron chi connectivity index (χ2n) is 4.64. The van der Waals surface area contributed by atoms with Gasteiger partial charge in [-0.3, -0.25) is 4.98 Å². The fraction of sp³-hybridized carbons (Fsp3) is 0. The average Bonchev–Trinajstić information content (AvgIpc) is 2.55. The molecule has 2 N–H and O–H groups in total. The van der Waals surface area contributed by atoms with Gasteiger partial charge in [-0.1, -0.05) is 34.1 Å². The number of halogens is 1. The zero-order chi connectivity index (χ0) is 15.5. The summed E-state index contributed by atoms with van der Waals surface area (Å²) in [5.74, 6) is 0.225. The maximum absolute atomic E-state index is 9.42. The van der Waals surface area contributed by atoms with E-state index in [1.54, 1.807) is 12.4 Å². The Hall–Kier alpha value is -2.71. The van der Waals surface area contributed by atoms with Gasteiger partial charge in [0.15, 0.2) is 0 Å². The largest absolute Gasteiger partial charge is 0.383 e. The first kappa shape index (κ1) is 14.2. The number of aromatic nitrogens is 2. The van der Waals surface area contributed by atoms with Gasteiger partial charge >= 0.3 is 0 Å². The normalized spacial score (nSPS) is 10.2.